The molecule has 0 bridgehead atoms. The highest BCUT2D eigenvalue weighted by molar-refractivity contribution is 5.95. The molecule has 388 valence electrons. The number of hydrogen-bond donors (Lipinski definition) is 0. The van der Waals surface area contributed by atoms with Crippen molar-refractivity contribution in [3.63, 3.8) is 0 Å². The van der Waals surface area contributed by atoms with Crippen LogP contribution < -0.4 is 4.90 Å². The lowest BCUT2D eigenvalue weighted by atomic mass is 9.51. The van der Waals surface area contributed by atoms with Gasteiger partial charge in [0.1, 0.15) is 0 Å². The van der Waals surface area contributed by atoms with E-state index in [1.54, 1.807) is 0 Å². The van der Waals surface area contributed by atoms with Gasteiger partial charge in [-0.1, -0.05) is 269 Å². The van der Waals surface area contributed by atoms with Gasteiger partial charge in [-0.3, -0.25) is 0 Å². The van der Waals surface area contributed by atoms with Crippen LogP contribution in [0, 0.1) is 0 Å². The molecular weight excluding hydrogens is 987 g/mol. The van der Waals surface area contributed by atoms with Crippen molar-refractivity contribution >= 4 is 46.9 Å². The predicted octanol–water partition coefficient (Wildman–Crippen LogP) is 20.6. The average Bonchev–Trinajstić information content (AvgIpc) is 1.89. The molecule has 1 heteroatoms. The topological polar surface area (TPSA) is 3.24 Å². The van der Waals surface area contributed by atoms with Crippen LogP contribution in [0.5, 0.6) is 0 Å². The lowest BCUT2D eigenvalue weighted by molar-refractivity contribution is 0.629. The summed E-state index contributed by atoms with van der Waals surface area (Å²) in [5.41, 5.74) is 31.5. The molecule has 0 aromatic heterocycles. The molecule has 2 spiro atoms. The molecule has 1 atom stereocenters. The highest BCUT2D eigenvalue weighted by atomic mass is 15.1. The van der Waals surface area contributed by atoms with Crippen LogP contribution in [-0.2, 0) is 16.2 Å². The molecule has 11 aromatic rings. The van der Waals surface area contributed by atoms with E-state index in [9.17, 15) is 0 Å². The van der Waals surface area contributed by atoms with Crippen molar-refractivity contribution in [2.24, 2.45) is 0 Å². The molecule has 0 fully saturated rings. The van der Waals surface area contributed by atoms with Gasteiger partial charge in [-0.25, -0.2) is 0 Å². The number of hydrogen-bond acceptors (Lipinski definition) is 1. The van der Waals surface area contributed by atoms with Crippen molar-refractivity contribution in [2.75, 3.05) is 4.90 Å². The summed E-state index contributed by atoms with van der Waals surface area (Å²) in [6.45, 7) is 4.74. The summed E-state index contributed by atoms with van der Waals surface area (Å²) >= 11 is 0. The van der Waals surface area contributed by atoms with E-state index in [1.165, 1.54) is 122 Å². The first-order valence-corrected chi connectivity index (χ1v) is 29.1. The summed E-state index contributed by atoms with van der Waals surface area (Å²) in [5, 5.41) is 0. The molecule has 0 radical (unpaired) electrons. The molecule has 0 N–H and O–H groups in total. The lowest BCUT2D eigenvalue weighted by Gasteiger charge is -2.49. The number of nitrogens with zero attached hydrogens (tertiary/aromatic N) is 1. The molecule has 0 saturated heterocycles. The summed E-state index contributed by atoms with van der Waals surface area (Å²) in [6.07, 6.45) is 16.0. The van der Waals surface area contributed by atoms with E-state index in [4.69, 9.17) is 0 Å². The largest absolute Gasteiger partial charge is 0.310 e. The van der Waals surface area contributed by atoms with Crippen LogP contribution in [0.15, 0.2) is 279 Å². The van der Waals surface area contributed by atoms with Gasteiger partial charge < -0.3 is 4.90 Å². The van der Waals surface area contributed by atoms with E-state index in [0.717, 1.165) is 29.9 Å². The van der Waals surface area contributed by atoms with Crippen molar-refractivity contribution in [3.8, 4) is 33.4 Å². The molecule has 16 rings (SSSR count). The fraction of sp³-hybridized carbons (Fsp3) is 0.0864. The van der Waals surface area contributed by atoms with E-state index >= 15 is 0 Å². The van der Waals surface area contributed by atoms with Gasteiger partial charge in [0.15, 0.2) is 0 Å². The zero-order valence-electron chi connectivity index (χ0n) is 46.2. The van der Waals surface area contributed by atoms with E-state index in [2.05, 4.69) is 316 Å². The Morgan fingerprint density at radius 2 is 0.756 bits per heavy atom. The maximum absolute atomic E-state index is 2.56. The summed E-state index contributed by atoms with van der Waals surface area (Å²) < 4.78 is 0. The molecular formula is C81H59N. The SMILES string of the molecule is CC1(C)c2cc(/C=C/c3ccc(/C=C/c4ccc(-c5ccc6c(c5)C5(c7ccccc7-c7ccccc75)c5ccccc5C65C6=C(CCC=C6)c6ccccc65)cc4)cc3)ccc2-c2ccc(N(c3ccccc3)c3ccccc3)cc21. The molecule has 0 aliphatic heterocycles. The van der Waals surface area contributed by atoms with E-state index < -0.39 is 10.8 Å². The van der Waals surface area contributed by atoms with Crippen LogP contribution in [0.1, 0.15) is 105 Å². The predicted molar refractivity (Wildman–Crippen MR) is 344 cm³/mol. The Morgan fingerprint density at radius 3 is 1.37 bits per heavy atom. The number of anilines is 3. The Hall–Kier alpha value is -9.82. The molecule has 1 nitrogen and oxygen atoms in total. The fourth-order valence-electron chi connectivity index (χ4n) is 15.2. The Balaban J connectivity index is 0.686. The first-order chi connectivity index (χ1) is 40.4. The minimum absolute atomic E-state index is 0.158. The van der Waals surface area contributed by atoms with Crippen molar-refractivity contribution < 1.29 is 0 Å². The third kappa shape index (κ3) is 7.06. The zero-order chi connectivity index (χ0) is 54.6. The summed E-state index contributed by atoms with van der Waals surface area (Å²) in [4.78, 5) is 2.36. The van der Waals surface area contributed by atoms with Gasteiger partial charge in [0.05, 0.1) is 10.8 Å². The van der Waals surface area contributed by atoms with Crippen LogP contribution in [0.2, 0.25) is 0 Å². The third-order valence-corrected chi connectivity index (χ3v) is 18.8. The van der Waals surface area contributed by atoms with E-state index in [-0.39, 0.29) is 5.41 Å². The number of fused-ring (bicyclic) bond motifs is 18. The molecule has 11 aromatic carbocycles. The second-order valence-corrected chi connectivity index (χ2v) is 23.4. The standard InChI is InChI=1S/C81H59N/c1-79(2)76-51-57(43-48-67(76)68-49-47-62(53-77(68)79)82(60-19-5-3-6-20-60)61-21-7-4-8-22-61)40-39-55-35-33-54(34-36-55)37-38-56-41-44-58(45-42-56)59-46-50-75-78(52-59)81(71-29-15-11-25-65(71)66-26-12-16-30-72(66)81)74-32-18-17-31-73(74)80(75)69-27-13-9-23-63(69)64-24-10-14-28-70(64)80/h3-9,11-23,25-53H,10,24H2,1-2H3/b38-37+,40-39+. The van der Waals surface area contributed by atoms with Gasteiger partial charge in [-0.05, 0) is 178 Å². The van der Waals surface area contributed by atoms with Crippen molar-refractivity contribution in [2.45, 2.75) is 42.9 Å². The molecule has 0 saturated carbocycles. The second kappa shape index (κ2) is 18.6. The Kier molecular flexibility index (Phi) is 10.9. The maximum atomic E-state index is 2.56. The highest BCUT2D eigenvalue weighted by Gasteiger charge is 2.59. The van der Waals surface area contributed by atoms with Crippen LogP contribution in [0.25, 0.3) is 63.3 Å². The molecule has 5 aliphatic carbocycles. The van der Waals surface area contributed by atoms with Gasteiger partial charge in [0, 0.05) is 22.5 Å². The second-order valence-electron chi connectivity index (χ2n) is 23.4. The quantitative estimate of drug-likeness (QED) is 0.137. The third-order valence-electron chi connectivity index (χ3n) is 18.8. The first kappa shape index (κ1) is 48.1. The van der Waals surface area contributed by atoms with Crippen molar-refractivity contribution in [1.29, 1.82) is 0 Å². The van der Waals surface area contributed by atoms with Gasteiger partial charge >= 0.3 is 0 Å². The van der Waals surface area contributed by atoms with Crippen LogP contribution in [0.3, 0.4) is 0 Å². The van der Waals surface area contributed by atoms with Gasteiger partial charge in [-0.15, -0.1) is 0 Å². The lowest BCUT2D eigenvalue weighted by Crippen LogP contribution is -2.44. The fourth-order valence-corrected chi connectivity index (χ4v) is 15.2. The van der Waals surface area contributed by atoms with Crippen molar-refractivity contribution in [1.82, 2.24) is 0 Å². The summed E-state index contributed by atoms with van der Waals surface area (Å²) in [6, 6.07) is 97.9. The van der Waals surface area contributed by atoms with Gasteiger partial charge in [0.2, 0.25) is 0 Å². The minimum atomic E-state index is -0.502. The Morgan fingerprint density at radius 1 is 0.317 bits per heavy atom. The molecule has 0 amide bonds. The molecule has 0 heterocycles. The average molecular weight is 1050 g/mol. The number of allylic oxidation sites excluding steroid dienone is 4. The maximum Gasteiger partial charge on any atom is 0.0720 e. The molecule has 1 unspecified atom stereocenters. The highest BCUT2D eigenvalue weighted by Crippen LogP contribution is 2.68. The summed E-state index contributed by atoms with van der Waals surface area (Å²) in [7, 11) is 0. The van der Waals surface area contributed by atoms with Crippen LogP contribution in [-0.4, -0.2) is 0 Å². The number of rotatable bonds is 8. The van der Waals surface area contributed by atoms with Crippen molar-refractivity contribution in [3.05, 3.63) is 356 Å². The Bertz CT molecular complexity index is 4420. The monoisotopic (exact) mass is 1050 g/mol. The number of benzene rings is 11. The first-order valence-electron chi connectivity index (χ1n) is 29.1. The number of para-hydroxylation sites is 2. The van der Waals surface area contributed by atoms with Gasteiger partial charge in [0.25, 0.3) is 0 Å². The Labute approximate surface area is 481 Å². The molecule has 5 aliphatic rings. The molecule has 82 heavy (non-hydrogen) atoms. The zero-order valence-corrected chi connectivity index (χ0v) is 46.2. The summed E-state index contributed by atoms with van der Waals surface area (Å²) in [5.74, 6) is 0. The smallest absolute Gasteiger partial charge is 0.0720 e. The van der Waals surface area contributed by atoms with Gasteiger partial charge in [-0.2, -0.15) is 0 Å². The van der Waals surface area contributed by atoms with E-state index in [1.807, 2.05) is 0 Å². The van der Waals surface area contributed by atoms with Crippen LogP contribution in [0.4, 0.5) is 17.1 Å². The normalized spacial score (nSPS) is 16.9. The van der Waals surface area contributed by atoms with E-state index in [0.29, 0.717) is 0 Å². The minimum Gasteiger partial charge on any atom is -0.310 e. The van der Waals surface area contributed by atoms with Crippen LogP contribution >= 0.6 is 0 Å².